The Hall–Kier alpha value is -2.15. The molecule has 0 radical (unpaired) electrons. The van der Waals surface area contributed by atoms with Crippen molar-refractivity contribution < 1.29 is 23.8 Å². The van der Waals surface area contributed by atoms with Gasteiger partial charge in [0.2, 0.25) is 0 Å². The number of hydrogen-bond donors (Lipinski definition) is 3. The highest BCUT2D eigenvalue weighted by Crippen LogP contribution is 2.02. The van der Waals surface area contributed by atoms with Gasteiger partial charge in [-0.3, -0.25) is 0 Å². The summed E-state index contributed by atoms with van der Waals surface area (Å²) in [6, 6.07) is 5.48. The number of carbonyl (C=O) groups excluding carboxylic acids is 1. The quantitative estimate of drug-likeness (QED) is 0.637. The molecule has 0 aliphatic rings. The molecule has 2 amide bonds. The second-order valence-corrected chi connectivity index (χ2v) is 3.69. The Kier molecular flexibility index (Phi) is 6.31. The fourth-order valence-electron chi connectivity index (χ4n) is 1.29. The van der Waals surface area contributed by atoms with Gasteiger partial charge in [-0.05, 0) is 17.7 Å². The fraction of sp³-hybridized carbons (Fsp3) is 0.333. The molecule has 0 atom stereocenters. The van der Waals surface area contributed by atoms with Crippen molar-refractivity contribution in [2.45, 2.75) is 6.54 Å². The second kappa shape index (κ2) is 8.04. The van der Waals surface area contributed by atoms with Crippen molar-refractivity contribution in [1.82, 2.24) is 10.6 Å². The summed E-state index contributed by atoms with van der Waals surface area (Å²) in [6.45, 7) is 0.119. The first-order chi connectivity index (χ1) is 9.08. The Morgan fingerprint density at radius 2 is 2.11 bits per heavy atom. The predicted molar refractivity (Wildman–Crippen MR) is 65.1 cm³/mol. The van der Waals surface area contributed by atoms with Crippen LogP contribution < -0.4 is 10.6 Å². The summed E-state index contributed by atoms with van der Waals surface area (Å²) in [7, 11) is 0. The van der Waals surface area contributed by atoms with Crippen molar-refractivity contribution >= 4 is 12.0 Å². The summed E-state index contributed by atoms with van der Waals surface area (Å²) in [4.78, 5) is 21.4. The molecule has 6 nitrogen and oxygen atoms in total. The van der Waals surface area contributed by atoms with Gasteiger partial charge < -0.3 is 20.5 Å². The van der Waals surface area contributed by atoms with Crippen LogP contribution >= 0.6 is 0 Å². The predicted octanol–water partition coefficient (Wildman–Crippen LogP) is 0.726. The Morgan fingerprint density at radius 3 is 2.79 bits per heavy atom. The van der Waals surface area contributed by atoms with Gasteiger partial charge in [0.1, 0.15) is 12.4 Å². The zero-order valence-electron chi connectivity index (χ0n) is 10.2. The number of urea groups is 1. The summed E-state index contributed by atoms with van der Waals surface area (Å²) >= 11 is 0. The summed E-state index contributed by atoms with van der Waals surface area (Å²) in [6.07, 6.45) is 0. The molecule has 0 fully saturated rings. The first kappa shape index (κ1) is 14.9. The second-order valence-electron chi connectivity index (χ2n) is 3.69. The van der Waals surface area contributed by atoms with Crippen LogP contribution in [0.25, 0.3) is 0 Å². The lowest BCUT2D eigenvalue weighted by Gasteiger charge is -2.07. The monoisotopic (exact) mass is 270 g/mol. The third kappa shape index (κ3) is 6.99. The van der Waals surface area contributed by atoms with E-state index in [-0.39, 0.29) is 25.5 Å². The van der Waals surface area contributed by atoms with Crippen LogP contribution in [-0.2, 0) is 16.1 Å². The van der Waals surface area contributed by atoms with E-state index in [9.17, 15) is 14.0 Å². The third-order valence-corrected chi connectivity index (χ3v) is 2.10. The Balaban J connectivity index is 2.13. The Morgan fingerprint density at radius 1 is 1.32 bits per heavy atom. The van der Waals surface area contributed by atoms with Gasteiger partial charge in [-0.2, -0.15) is 0 Å². The highest BCUT2D eigenvalue weighted by Gasteiger charge is 2.01. The molecule has 7 heteroatoms. The first-order valence-corrected chi connectivity index (χ1v) is 5.63. The summed E-state index contributed by atoms with van der Waals surface area (Å²) in [5, 5.41) is 13.3. The van der Waals surface area contributed by atoms with Crippen LogP contribution in [0.1, 0.15) is 5.56 Å². The van der Waals surface area contributed by atoms with Crippen molar-refractivity contribution in [2.75, 3.05) is 19.8 Å². The molecule has 0 saturated heterocycles. The highest BCUT2D eigenvalue weighted by atomic mass is 19.1. The molecule has 1 aromatic carbocycles. The number of benzene rings is 1. The lowest BCUT2D eigenvalue weighted by atomic mass is 10.2. The average Bonchev–Trinajstić information content (AvgIpc) is 2.35. The number of hydrogen-bond acceptors (Lipinski definition) is 3. The van der Waals surface area contributed by atoms with Crippen LogP contribution in [0.3, 0.4) is 0 Å². The van der Waals surface area contributed by atoms with Crippen LogP contribution in [0, 0.1) is 5.82 Å². The van der Waals surface area contributed by atoms with Gasteiger partial charge in [0.05, 0.1) is 6.61 Å². The fourth-order valence-corrected chi connectivity index (χ4v) is 1.29. The van der Waals surface area contributed by atoms with Crippen LogP contribution in [0.2, 0.25) is 0 Å². The van der Waals surface area contributed by atoms with Crippen LogP contribution in [-0.4, -0.2) is 36.9 Å². The third-order valence-electron chi connectivity index (χ3n) is 2.10. The summed E-state index contributed by atoms with van der Waals surface area (Å²) in [5.41, 5.74) is 0.650. The van der Waals surface area contributed by atoms with Crippen LogP contribution in [0.5, 0.6) is 0 Å². The number of halogens is 1. The molecule has 0 bridgehead atoms. The zero-order chi connectivity index (χ0) is 14.1. The molecule has 0 spiro atoms. The van der Waals surface area contributed by atoms with E-state index in [2.05, 4.69) is 10.6 Å². The van der Waals surface area contributed by atoms with Gasteiger partial charge in [-0.15, -0.1) is 0 Å². The van der Waals surface area contributed by atoms with Crippen molar-refractivity contribution in [2.24, 2.45) is 0 Å². The van der Waals surface area contributed by atoms with E-state index in [4.69, 9.17) is 9.84 Å². The molecule has 0 aliphatic heterocycles. The molecule has 104 valence electrons. The molecule has 1 rings (SSSR count). The molecule has 0 heterocycles. The van der Waals surface area contributed by atoms with Gasteiger partial charge >= 0.3 is 12.0 Å². The Bertz CT molecular complexity index is 439. The first-order valence-electron chi connectivity index (χ1n) is 5.63. The van der Waals surface area contributed by atoms with E-state index in [1.807, 2.05) is 0 Å². The summed E-state index contributed by atoms with van der Waals surface area (Å²) < 4.78 is 17.6. The number of nitrogens with one attached hydrogen (secondary N) is 2. The minimum atomic E-state index is -1.06. The van der Waals surface area contributed by atoms with E-state index >= 15 is 0 Å². The molecular formula is C12H15FN2O4. The lowest BCUT2D eigenvalue weighted by Crippen LogP contribution is -2.37. The van der Waals surface area contributed by atoms with E-state index < -0.39 is 18.6 Å². The Labute approximate surface area is 109 Å². The van der Waals surface area contributed by atoms with Gasteiger partial charge in [0.25, 0.3) is 0 Å². The van der Waals surface area contributed by atoms with Gasteiger partial charge in [0, 0.05) is 13.1 Å². The maximum atomic E-state index is 12.9. The number of aliphatic carboxylic acids is 1. The van der Waals surface area contributed by atoms with Crippen LogP contribution in [0.4, 0.5) is 9.18 Å². The van der Waals surface area contributed by atoms with Gasteiger partial charge in [0.15, 0.2) is 0 Å². The van der Waals surface area contributed by atoms with Gasteiger partial charge in [-0.25, -0.2) is 14.0 Å². The topological polar surface area (TPSA) is 87.7 Å². The average molecular weight is 270 g/mol. The molecule has 0 aromatic heterocycles. The van der Waals surface area contributed by atoms with Crippen molar-refractivity contribution in [3.63, 3.8) is 0 Å². The van der Waals surface area contributed by atoms with E-state index in [0.29, 0.717) is 5.56 Å². The van der Waals surface area contributed by atoms with Crippen LogP contribution in [0.15, 0.2) is 24.3 Å². The number of carboxylic acids is 1. The van der Waals surface area contributed by atoms with E-state index in [0.717, 1.165) is 0 Å². The molecule has 3 N–H and O–H groups in total. The number of amides is 2. The number of carboxylic acid groups (broad SMARTS) is 1. The number of carbonyl (C=O) groups is 2. The van der Waals surface area contributed by atoms with Gasteiger partial charge in [-0.1, -0.05) is 12.1 Å². The SMILES string of the molecule is O=C(O)COCCNC(=O)NCc1cccc(F)c1. The maximum Gasteiger partial charge on any atom is 0.329 e. The molecular weight excluding hydrogens is 255 g/mol. The van der Waals surface area contributed by atoms with E-state index in [1.54, 1.807) is 12.1 Å². The molecule has 19 heavy (non-hydrogen) atoms. The minimum absolute atomic E-state index is 0.111. The minimum Gasteiger partial charge on any atom is -0.480 e. The highest BCUT2D eigenvalue weighted by molar-refractivity contribution is 5.73. The largest absolute Gasteiger partial charge is 0.480 e. The molecule has 0 aliphatic carbocycles. The number of rotatable bonds is 7. The van der Waals surface area contributed by atoms with Crippen molar-refractivity contribution in [3.05, 3.63) is 35.6 Å². The smallest absolute Gasteiger partial charge is 0.329 e. The molecule has 1 aromatic rings. The van der Waals surface area contributed by atoms with Crippen molar-refractivity contribution in [3.8, 4) is 0 Å². The lowest BCUT2D eigenvalue weighted by molar-refractivity contribution is -0.142. The standard InChI is InChI=1S/C12H15FN2O4/c13-10-3-1-2-9(6-10)7-15-12(18)14-4-5-19-8-11(16)17/h1-3,6H,4-5,7-8H2,(H,16,17)(H2,14,15,18). The normalized spacial score (nSPS) is 9.95. The van der Waals surface area contributed by atoms with Crippen molar-refractivity contribution in [1.29, 1.82) is 0 Å². The molecule has 0 saturated carbocycles. The van der Waals surface area contributed by atoms with E-state index in [1.165, 1.54) is 12.1 Å². The maximum absolute atomic E-state index is 12.9. The molecule has 0 unspecified atom stereocenters. The number of ether oxygens (including phenoxy) is 1. The summed E-state index contributed by atoms with van der Waals surface area (Å²) in [5.74, 6) is -1.42. The zero-order valence-corrected chi connectivity index (χ0v) is 10.2.